The quantitative estimate of drug-likeness (QED) is 0.613. The van der Waals surface area contributed by atoms with Gasteiger partial charge in [-0.05, 0) is 18.2 Å². The molecule has 124 valence electrons. The number of methoxy groups -OCH3 is 1. The number of imide groups is 1. The number of nitrogens with zero attached hydrogens (tertiary/aromatic N) is 1. The summed E-state index contributed by atoms with van der Waals surface area (Å²) < 4.78 is 42.5. The molecule has 0 radical (unpaired) electrons. The maximum atomic E-state index is 14.4. The molecule has 0 aromatic heterocycles. The minimum Gasteiger partial charge on any atom is -0.495 e. The number of fused-ring (bicyclic) bond motifs is 1. The number of ether oxygens (including phenoxy) is 1. The number of carbonyl (C=O) groups excluding carboxylic acids is 2. The second kappa shape index (κ2) is 5.57. The van der Waals surface area contributed by atoms with Crippen molar-refractivity contribution in [2.45, 2.75) is 4.90 Å². The van der Waals surface area contributed by atoms with E-state index in [-0.39, 0.29) is 16.9 Å². The summed E-state index contributed by atoms with van der Waals surface area (Å²) in [7, 11) is 2.17. The molecule has 2 amide bonds. The van der Waals surface area contributed by atoms with Crippen molar-refractivity contribution in [3.05, 3.63) is 53.3 Å². The molecule has 1 aliphatic rings. The first-order chi connectivity index (χ1) is 11.3. The second-order valence-electron chi connectivity index (χ2n) is 4.88. The van der Waals surface area contributed by atoms with Gasteiger partial charge in [0, 0.05) is 16.7 Å². The predicted octanol–water partition coefficient (Wildman–Crippen LogP) is 2.56. The van der Waals surface area contributed by atoms with Crippen molar-refractivity contribution < 1.29 is 27.1 Å². The zero-order valence-corrected chi connectivity index (χ0v) is 13.7. The first-order valence-electron chi connectivity index (χ1n) is 6.55. The van der Waals surface area contributed by atoms with E-state index < -0.39 is 37.3 Å². The van der Waals surface area contributed by atoms with Gasteiger partial charge in [0.1, 0.15) is 10.6 Å². The Kier molecular flexibility index (Phi) is 3.81. The molecule has 0 saturated carbocycles. The van der Waals surface area contributed by atoms with Crippen LogP contribution in [0.25, 0.3) is 0 Å². The minimum absolute atomic E-state index is 0.105. The summed E-state index contributed by atoms with van der Waals surface area (Å²) in [5, 5.41) is 0. The Morgan fingerprint density at radius 2 is 1.62 bits per heavy atom. The summed E-state index contributed by atoms with van der Waals surface area (Å²) in [5.74, 6) is -2.83. The highest BCUT2D eigenvalue weighted by molar-refractivity contribution is 8.13. The minimum atomic E-state index is -4.29. The average molecular weight is 370 g/mol. The lowest BCUT2D eigenvalue weighted by molar-refractivity contribution is 0.0924. The SMILES string of the molecule is COc1cc(F)c(N2C(=O)c3ccccc3C2=O)cc1S(=O)(=O)Cl. The molecular formula is C15H9ClFNO5S. The molecular weight excluding hydrogens is 361 g/mol. The lowest BCUT2D eigenvalue weighted by Gasteiger charge is -2.17. The molecule has 0 bridgehead atoms. The number of benzene rings is 2. The zero-order chi connectivity index (χ0) is 17.6. The van der Waals surface area contributed by atoms with Crippen LogP contribution in [0.5, 0.6) is 5.75 Å². The van der Waals surface area contributed by atoms with E-state index in [1.807, 2.05) is 0 Å². The largest absolute Gasteiger partial charge is 0.495 e. The van der Waals surface area contributed by atoms with E-state index in [0.717, 1.165) is 19.2 Å². The fraction of sp³-hybridized carbons (Fsp3) is 0.0667. The third kappa shape index (κ3) is 2.44. The third-order valence-corrected chi connectivity index (χ3v) is 4.87. The van der Waals surface area contributed by atoms with Gasteiger partial charge in [0.05, 0.1) is 23.9 Å². The summed E-state index contributed by atoms with van der Waals surface area (Å²) >= 11 is 0. The summed E-state index contributed by atoms with van der Waals surface area (Å²) in [5.41, 5.74) is -0.303. The van der Waals surface area contributed by atoms with Crippen molar-refractivity contribution in [1.82, 2.24) is 0 Å². The Morgan fingerprint density at radius 3 is 2.08 bits per heavy atom. The van der Waals surface area contributed by atoms with Gasteiger partial charge in [-0.15, -0.1) is 0 Å². The van der Waals surface area contributed by atoms with E-state index in [0.29, 0.717) is 4.90 Å². The summed E-state index contributed by atoms with van der Waals surface area (Å²) in [4.78, 5) is 24.8. The molecule has 1 heterocycles. The molecule has 0 spiro atoms. The van der Waals surface area contributed by atoms with Crippen molar-refractivity contribution in [2.75, 3.05) is 12.0 Å². The number of hydrogen-bond donors (Lipinski definition) is 0. The van der Waals surface area contributed by atoms with Gasteiger partial charge in [-0.25, -0.2) is 17.7 Å². The summed E-state index contributed by atoms with van der Waals surface area (Å²) in [6.07, 6.45) is 0. The van der Waals surface area contributed by atoms with E-state index in [1.165, 1.54) is 12.1 Å². The lowest BCUT2D eigenvalue weighted by atomic mass is 10.1. The van der Waals surface area contributed by atoms with E-state index in [4.69, 9.17) is 15.4 Å². The van der Waals surface area contributed by atoms with E-state index in [9.17, 15) is 22.4 Å². The number of halogens is 2. The van der Waals surface area contributed by atoms with Crippen LogP contribution in [0.2, 0.25) is 0 Å². The smallest absolute Gasteiger partial charge is 0.266 e. The molecule has 9 heteroatoms. The number of carbonyl (C=O) groups is 2. The maximum absolute atomic E-state index is 14.4. The van der Waals surface area contributed by atoms with Crippen LogP contribution >= 0.6 is 10.7 Å². The standard InChI is InChI=1S/C15H9ClFNO5S/c1-23-12-6-10(17)11(7-13(12)24(16,21)22)18-14(19)8-4-2-3-5-9(8)15(18)20/h2-7H,1H3. The van der Waals surface area contributed by atoms with Gasteiger partial charge in [0.2, 0.25) is 0 Å². The number of hydrogen-bond acceptors (Lipinski definition) is 5. The number of amides is 2. The van der Waals surface area contributed by atoms with Gasteiger partial charge in [-0.1, -0.05) is 12.1 Å². The number of rotatable bonds is 3. The summed E-state index contributed by atoms with van der Waals surface area (Å²) in [6.45, 7) is 0. The first-order valence-corrected chi connectivity index (χ1v) is 8.86. The highest BCUT2D eigenvalue weighted by Crippen LogP contribution is 2.36. The van der Waals surface area contributed by atoms with Crippen LogP contribution < -0.4 is 9.64 Å². The highest BCUT2D eigenvalue weighted by Gasteiger charge is 2.38. The Labute approximate surface area is 140 Å². The molecule has 2 aromatic rings. The highest BCUT2D eigenvalue weighted by atomic mass is 35.7. The molecule has 0 aliphatic carbocycles. The van der Waals surface area contributed by atoms with Crippen LogP contribution in [0.15, 0.2) is 41.3 Å². The topological polar surface area (TPSA) is 80.8 Å². The Hall–Kier alpha value is -2.45. The van der Waals surface area contributed by atoms with Crippen LogP contribution in [0, 0.1) is 5.82 Å². The van der Waals surface area contributed by atoms with Gasteiger partial charge < -0.3 is 4.74 Å². The molecule has 0 atom stereocenters. The van der Waals surface area contributed by atoms with Gasteiger partial charge in [-0.2, -0.15) is 0 Å². The maximum Gasteiger partial charge on any atom is 0.266 e. The molecule has 2 aromatic carbocycles. The van der Waals surface area contributed by atoms with Crippen molar-refractivity contribution in [3.8, 4) is 5.75 Å². The van der Waals surface area contributed by atoms with Crippen molar-refractivity contribution in [1.29, 1.82) is 0 Å². The molecule has 3 rings (SSSR count). The van der Waals surface area contributed by atoms with Crippen molar-refractivity contribution in [2.24, 2.45) is 0 Å². The average Bonchev–Trinajstić information content (AvgIpc) is 2.78. The van der Waals surface area contributed by atoms with Crippen LogP contribution in [0.4, 0.5) is 10.1 Å². The normalized spacial score (nSPS) is 14.0. The Morgan fingerprint density at radius 1 is 1.08 bits per heavy atom. The summed E-state index contributed by atoms with van der Waals surface area (Å²) in [6, 6.07) is 7.54. The second-order valence-corrected chi connectivity index (χ2v) is 7.42. The van der Waals surface area contributed by atoms with E-state index in [2.05, 4.69) is 0 Å². The molecule has 1 aliphatic heterocycles. The first kappa shape index (κ1) is 16.4. The van der Waals surface area contributed by atoms with Crippen LogP contribution in [-0.4, -0.2) is 27.3 Å². The lowest BCUT2D eigenvalue weighted by Crippen LogP contribution is -2.30. The molecule has 0 fully saturated rings. The van der Waals surface area contributed by atoms with Crippen LogP contribution in [0.3, 0.4) is 0 Å². The molecule has 6 nitrogen and oxygen atoms in total. The van der Waals surface area contributed by atoms with E-state index >= 15 is 0 Å². The van der Waals surface area contributed by atoms with Crippen molar-refractivity contribution >= 4 is 37.2 Å². The molecule has 0 saturated heterocycles. The van der Waals surface area contributed by atoms with Crippen LogP contribution in [-0.2, 0) is 9.05 Å². The van der Waals surface area contributed by atoms with Gasteiger partial charge in [-0.3, -0.25) is 9.59 Å². The Bertz CT molecular complexity index is 954. The third-order valence-electron chi connectivity index (χ3n) is 3.53. The zero-order valence-electron chi connectivity index (χ0n) is 12.1. The monoisotopic (exact) mass is 369 g/mol. The fourth-order valence-electron chi connectivity index (χ4n) is 2.45. The van der Waals surface area contributed by atoms with Crippen molar-refractivity contribution in [3.63, 3.8) is 0 Å². The Balaban J connectivity index is 2.22. The van der Waals surface area contributed by atoms with Gasteiger partial charge in [0.15, 0.2) is 5.82 Å². The fourth-order valence-corrected chi connectivity index (χ4v) is 3.45. The predicted molar refractivity (Wildman–Crippen MR) is 83.6 cm³/mol. The van der Waals surface area contributed by atoms with Gasteiger partial charge in [0.25, 0.3) is 20.9 Å². The van der Waals surface area contributed by atoms with E-state index in [1.54, 1.807) is 12.1 Å². The molecule has 24 heavy (non-hydrogen) atoms. The molecule has 0 unspecified atom stereocenters. The number of anilines is 1. The van der Waals surface area contributed by atoms with Crippen LogP contribution in [0.1, 0.15) is 20.7 Å². The van der Waals surface area contributed by atoms with Gasteiger partial charge >= 0.3 is 0 Å². The molecule has 0 N–H and O–H groups in total.